The van der Waals surface area contributed by atoms with Crippen molar-refractivity contribution in [3.05, 3.63) is 59.9 Å². The highest BCUT2D eigenvalue weighted by atomic mass is 16.5. The summed E-state index contributed by atoms with van der Waals surface area (Å²) >= 11 is 0. The number of carbonyl (C=O) groups is 1. The van der Waals surface area contributed by atoms with Crippen molar-refractivity contribution in [1.82, 2.24) is 15.3 Å². The van der Waals surface area contributed by atoms with Gasteiger partial charge < -0.3 is 15.0 Å². The van der Waals surface area contributed by atoms with Crippen molar-refractivity contribution in [1.29, 1.82) is 0 Å². The first kappa shape index (κ1) is 16.1. The second kappa shape index (κ2) is 7.17. The molecule has 1 amide bonds. The number of carbonyl (C=O) groups excluding carboxylic acids is 1. The molecule has 3 aromatic rings. The zero-order valence-corrected chi connectivity index (χ0v) is 13.9. The number of hydrogen-bond donors (Lipinski definition) is 2. The van der Waals surface area contributed by atoms with Gasteiger partial charge >= 0.3 is 0 Å². The SMILES string of the molecule is CCc1ccccc1OCC(=O)NC(C)c1nc2ccccc2[nH]1. The number of hydrogen-bond acceptors (Lipinski definition) is 3. The van der Waals surface area contributed by atoms with E-state index in [2.05, 4.69) is 22.2 Å². The summed E-state index contributed by atoms with van der Waals surface area (Å²) in [5.41, 5.74) is 2.94. The van der Waals surface area contributed by atoms with Crippen LogP contribution in [0.25, 0.3) is 11.0 Å². The number of amides is 1. The van der Waals surface area contributed by atoms with Crippen LogP contribution in [0.3, 0.4) is 0 Å². The van der Waals surface area contributed by atoms with Crippen LogP contribution in [0.2, 0.25) is 0 Å². The van der Waals surface area contributed by atoms with Crippen molar-refractivity contribution < 1.29 is 9.53 Å². The molecule has 5 heteroatoms. The number of nitrogens with one attached hydrogen (secondary N) is 2. The van der Waals surface area contributed by atoms with Crippen molar-refractivity contribution in [3.8, 4) is 5.75 Å². The number of fused-ring (bicyclic) bond motifs is 1. The molecule has 124 valence electrons. The molecule has 0 fully saturated rings. The average Bonchev–Trinajstić information content (AvgIpc) is 3.04. The minimum absolute atomic E-state index is 0.0123. The minimum Gasteiger partial charge on any atom is -0.483 e. The van der Waals surface area contributed by atoms with Crippen LogP contribution in [0.15, 0.2) is 48.5 Å². The molecule has 0 aliphatic carbocycles. The predicted molar refractivity (Wildman–Crippen MR) is 94.0 cm³/mol. The van der Waals surface area contributed by atoms with Crippen molar-refractivity contribution in [3.63, 3.8) is 0 Å². The van der Waals surface area contributed by atoms with Gasteiger partial charge in [-0.25, -0.2) is 4.98 Å². The third kappa shape index (κ3) is 3.56. The number of aromatic nitrogens is 2. The first-order chi connectivity index (χ1) is 11.7. The zero-order valence-electron chi connectivity index (χ0n) is 13.9. The molecule has 1 atom stereocenters. The van der Waals surface area contributed by atoms with Gasteiger partial charge in [0, 0.05) is 0 Å². The monoisotopic (exact) mass is 323 g/mol. The second-order valence-corrected chi connectivity index (χ2v) is 5.68. The number of imidazole rings is 1. The third-order valence-electron chi connectivity index (χ3n) is 3.91. The van der Waals surface area contributed by atoms with E-state index < -0.39 is 0 Å². The lowest BCUT2D eigenvalue weighted by Crippen LogP contribution is -2.31. The van der Waals surface area contributed by atoms with Gasteiger partial charge in [-0.1, -0.05) is 37.3 Å². The van der Waals surface area contributed by atoms with E-state index >= 15 is 0 Å². The van der Waals surface area contributed by atoms with E-state index in [9.17, 15) is 4.79 Å². The highest BCUT2D eigenvalue weighted by molar-refractivity contribution is 5.78. The maximum atomic E-state index is 12.1. The lowest BCUT2D eigenvalue weighted by molar-refractivity contribution is -0.123. The molecule has 5 nitrogen and oxygen atoms in total. The van der Waals surface area contributed by atoms with Gasteiger partial charge in [0.1, 0.15) is 11.6 Å². The van der Waals surface area contributed by atoms with Gasteiger partial charge in [-0.15, -0.1) is 0 Å². The number of rotatable bonds is 6. The summed E-state index contributed by atoms with van der Waals surface area (Å²) in [5, 5.41) is 2.91. The van der Waals surface area contributed by atoms with Crippen LogP contribution < -0.4 is 10.1 Å². The number of benzene rings is 2. The van der Waals surface area contributed by atoms with Gasteiger partial charge in [-0.2, -0.15) is 0 Å². The molecule has 1 unspecified atom stereocenters. The van der Waals surface area contributed by atoms with E-state index in [-0.39, 0.29) is 18.6 Å². The molecule has 0 aliphatic heterocycles. The number of ether oxygens (including phenoxy) is 1. The highest BCUT2D eigenvalue weighted by Gasteiger charge is 2.14. The normalized spacial score (nSPS) is 12.1. The maximum absolute atomic E-state index is 12.1. The smallest absolute Gasteiger partial charge is 0.258 e. The minimum atomic E-state index is -0.213. The quantitative estimate of drug-likeness (QED) is 0.731. The van der Waals surface area contributed by atoms with Gasteiger partial charge in [-0.05, 0) is 37.1 Å². The maximum Gasteiger partial charge on any atom is 0.258 e. The third-order valence-corrected chi connectivity index (χ3v) is 3.91. The molecule has 0 aliphatic rings. The van der Waals surface area contributed by atoms with Gasteiger partial charge in [0.05, 0.1) is 17.1 Å². The Hall–Kier alpha value is -2.82. The summed E-state index contributed by atoms with van der Waals surface area (Å²) in [7, 11) is 0. The van der Waals surface area contributed by atoms with Crippen LogP contribution in [-0.2, 0) is 11.2 Å². The van der Waals surface area contributed by atoms with E-state index in [1.807, 2.05) is 55.5 Å². The molecule has 0 radical (unpaired) electrons. The van der Waals surface area contributed by atoms with Crippen LogP contribution >= 0.6 is 0 Å². The van der Waals surface area contributed by atoms with Gasteiger partial charge in [-0.3, -0.25) is 4.79 Å². The number of nitrogens with zero attached hydrogens (tertiary/aromatic N) is 1. The average molecular weight is 323 g/mol. The van der Waals surface area contributed by atoms with E-state index in [1.165, 1.54) is 0 Å². The van der Waals surface area contributed by atoms with Crippen molar-refractivity contribution in [2.75, 3.05) is 6.61 Å². The van der Waals surface area contributed by atoms with E-state index in [0.717, 1.165) is 34.6 Å². The lowest BCUT2D eigenvalue weighted by atomic mass is 10.1. The Morgan fingerprint density at radius 1 is 1.21 bits per heavy atom. The number of aromatic amines is 1. The molecule has 0 saturated carbocycles. The number of H-pyrrole nitrogens is 1. The van der Waals surface area contributed by atoms with Crippen LogP contribution in [0.1, 0.15) is 31.3 Å². The molecular formula is C19H21N3O2. The van der Waals surface area contributed by atoms with Crippen LogP contribution in [0.4, 0.5) is 0 Å². The predicted octanol–water partition coefficient (Wildman–Crippen LogP) is 3.38. The Labute approximate surface area is 141 Å². The summed E-state index contributed by atoms with van der Waals surface area (Å²) < 4.78 is 5.64. The van der Waals surface area contributed by atoms with Gasteiger partial charge in [0.15, 0.2) is 6.61 Å². The summed E-state index contributed by atoms with van der Waals surface area (Å²) in [5.74, 6) is 1.32. The van der Waals surface area contributed by atoms with Crippen molar-refractivity contribution >= 4 is 16.9 Å². The van der Waals surface area contributed by atoms with Gasteiger partial charge in [0.25, 0.3) is 5.91 Å². The molecule has 2 aromatic carbocycles. The van der Waals surface area contributed by atoms with Crippen LogP contribution in [0, 0.1) is 0 Å². The largest absolute Gasteiger partial charge is 0.483 e. The molecule has 0 saturated heterocycles. The summed E-state index contributed by atoms with van der Waals surface area (Å²) in [6, 6.07) is 15.3. The molecule has 3 rings (SSSR count). The Morgan fingerprint density at radius 3 is 2.75 bits per heavy atom. The topological polar surface area (TPSA) is 67.0 Å². The molecule has 1 aromatic heterocycles. The van der Waals surface area contributed by atoms with E-state index in [1.54, 1.807) is 0 Å². The highest BCUT2D eigenvalue weighted by Crippen LogP contribution is 2.18. The zero-order chi connectivity index (χ0) is 16.9. The Morgan fingerprint density at radius 2 is 1.96 bits per heavy atom. The summed E-state index contributed by atoms with van der Waals surface area (Å²) in [6.45, 7) is 3.95. The fourth-order valence-electron chi connectivity index (χ4n) is 2.61. The Kier molecular flexibility index (Phi) is 4.79. The first-order valence-corrected chi connectivity index (χ1v) is 8.12. The first-order valence-electron chi connectivity index (χ1n) is 8.12. The number of aryl methyl sites for hydroxylation is 1. The molecule has 2 N–H and O–H groups in total. The number of para-hydroxylation sites is 3. The molecule has 0 spiro atoms. The molecule has 0 bridgehead atoms. The molecule has 1 heterocycles. The lowest BCUT2D eigenvalue weighted by Gasteiger charge is -2.13. The van der Waals surface area contributed by atoms with Gasteiger partial charge in [0.2, 0.25) is 0 Å². The Balaban J connectivity index is 1.60. The molecular weight excluding hydrogens is 302 g/mol. The standard InChI is InChI=1S/C19H21N3O2/c1-3-14-8-4-7-11-17(14)24-12-18(23)20-13(2)19-21-15-9-5-6-10-16(15)22-19/h4-11,13H,3,12H2,1-2H3,(H,20,23)(H,21,22). The van der Waals surface area contributed by atoms with Crippen molar-refractivity contribution in [2.45, 2.75) is 26.3 Å². The van der Waals surface area contributed by atoms with E-state index in [0.29, 0.717) is 0 Å². The fraction of sp³-hybridized carbons (Fsp3) is 0.263. The summed E-state index contributed by atoms with van der Waals surface area (Å²) in [4.78, 5) is 19.9. The Bertz CT molecular complexity index is 808. The van der Waals surface area contributed by atoms with Crippen molar-refractivity contribution in [2.24, 2.45) is 0 Å². The van der Waals surface area contributed by atoms with Crippen LogP contribution in [0.5, 0.6) is 5.75 Å². The van der Waals surface area contributed by atoms with E-state index in [4.69, 9.17) is 4.74 Å². The second-order valence-electron chi connectivity index (χ2n) is 5.68. The van der Waals surface area contributed by atoms with Crippen LogP contribution in [-0.4, -0.2) is 22.5 Å². The summed E-state index contributed by atoms with van der Waals surface area (Å²) in [6.07, 6.45) is 0.868. The fourth-order valence-corrected chi connectivity index (χ4v) is 2.61. The molecule has 24 heavy (non-hydrogen) atoms.